The van der Waals surface area contributed by atoms with Crippen molar-refractivity contribution in [3.05, 3.63) is 59.2 Å². The molecule has 0 spiro atoms. The second-order valence-corrected chi connectivity index (χ2v) is 5.99. The summed E-state index contributed by atoms with van der Waals surface area (Å²) in [5, 5.41) is 2.25. The summed E-state index contributed by atoms with van der Waals surface area (Å²) < 4.78 is 39.1. The van der Waals surface area contributed by atoms with E-state index >= 15 is 0 Å². The summed E-state index contributed by atoms with van der Waals surface area (Å²) in [4.78, 5) is 25.5. The number of benzene rings is 2. The zero-order valence-corrected chi connectivity index (χ0v) is 14.6. The number of aryl methyl sites for hydroxylation is 2. The summed E-state index contributed by atoms with van der Waals surface area (Å²) in [5.41, 5.74) is 0.967. The van der Waals surface area contributed by atoms with Gasteiger partial charge >= 0.3 is 6.18 Å². The normalized spacial score (nSPS) is 11.2. The lowest BCUT2D eigenvalue weighted by Gasteiger charge is -2.23. The van der Waals surface area contributed by atoms with Crippen LogP contribution in [-0.4, -0.2) is 18.4 Å². The number of carbonyl (C=O) groups is 2. The summed E-state index contributed by atoms with van der Waals surface area (Å²) in [6.07, 6.45) is -4.59. The van der Waals surface area contributed by atoms with Crippen LogP contribution in [0.4, 0.5) is 24.5 Å². The first-order valence-corrected chi connectivity index (χ1v) is 7.91. The molecule has 7 heteroatoms. The number of rotatable bonds is 4. The third-order valence-corrected chi connectivity index (χ3v) is 3.84. The fraction of sp³-hybridized carbons (Fsp3) is 0.263. The highest BCUT2D eigenvalue weighted by Crippen LogP contribution is 2.34. The van der Waals surface area contributed by atoms with E-state index < -0.39 is 17.6 Å². The Morgan fingerprint density at radius 2 is 1.73 bits per heavy atom. The number of hydrogen-bond donors (Lipinski definition) is 1. The maximum absolute atomic E-state index is 13.0. The minimum absolute atomic E-state index is 0.338. The highest BCUT2D eigenvalue weighted by atomic mass is 19.4. The third kappa shape index (κ3) is 4.62. The van der Waals surface area contributed by atoms with Gasteiger partial charge in [-0.1, -0.05) is 24.3 Å². The fourth-order valence-corrected chi connectivity index (χ4v) is 2.55. The molecule has 2 rings (SSSR count). The van der Waals surface area contributed by atoms with Crippen molar-refractivity contribution in [2.75, 3.05) is 16.8 Å². The van der Waals surface area contributed by atoms with Crippen molar-refractivity contribution in [3.8, 4) is 0 Å². The smallest absolute Gasteiger partial charge is 0.324 e. The van der Waals surface area contributed by atoms with Crippen molar-refractivity contribution < 1.29 is 22.8 Å². The number of nitrogens with one attached hydrogen (secondary N) is 1. The number of amides is 2. The molecule has 0 aliphatic rings. The average Bonchev–Trinajstić information content (AvgIpc) is 2.54. The molecule has 0 aliphatic carbocycles. The molecule has 138 valence electrons. The lowest BCUT2D eigenvalue weighted by Crippen LogP contribution is -2.37. The molecule has 2 aromatic carbocycles. The molecule has 26 heavy (non-hydrogen) atoms. The molecular formula is C19H19F3N2O2. The van der Waals surface area contributed by atoms with Gasteiger partial charge in [-0.05, 0) is 43.2 Å². The molecule has 0 saturated heterocycles. The van der Waals surface area contributed by atoms with Crippen LogP contribution in [0, 0.1) is 13.8 Å². The van der Waals surface area contributed by atoms with Gasteiger partial charge in [-0.3, -0.25) is 9.59 Å². The van der Waals surface area contributed by atoms with Crippen LogP contribution in [0.1, 0.15) is 23.6 Å². The number of para-hydroxylation sites is 1. The summed E-state index contributed by atoms with van der Waals surface area (Å²) >= 11 is 0. The Morgan fingerprint density at radius 3 is 2.35 bits per heavy atom. The van der Waals surface area contributed by atoms with Crippen LogP contribution >= 0.6 is 0 Å². The van der Waals surface area contributed by atoms with Crippen LogP contribution in [-0.2, 0) is 15.8 Å². The fourth-order valence-electron chi connectivity index (χ4n) is 2.55. The first kappa shape index (κ1) is 19.5. The topological polar surface area (TPSA) is 49.4 Å². The zero-order chi connectivity index (χ0) is 19.5. The van der Waals surface area contributed by atoms with Gasteiger partial charge in [0.1, 0.15) is 6.54 Å². The van der Waals surface area contributed by atoms with Crippen LogP contribution in [0.5, 0.6) is 0 Å². The predicted molar refractivity (Wildman–Crippen MR) is 94.0 cm³/mol. The number of anilines is 2. The van der Waals surface area contributed by atoms with Crippen LogP contribution in [0.2, 0.25) is 0 Å². The van der Waals surface area contributed by atoms with Gasteiger partial charge in [0.05, 0.1) is 11.3 Å². The molecule has 0 aromatic heterocycles. The number of nitrogens with zero attached hydrogens (tertiary/aromatic N) is 1. The molecule has 0 aliphatic heterocycles. The molecule has 0 heterocycles. The van der Waals surface area contributed by atoms with Gasteiger partial charge in [-0.25, -0.2) is 0 Å². The van der Waals surface area contributed by atoms with E-state index in [4.69, 9.17) is 0 Å². The average molecular weight is 364 g/mol. The largest absolute Gasteiger partial charge is 0.418 e. The molecule has 0 atom stereocenters. The third-order valence-electron chi connectivity index (χ3n) is 3.84. The first-order valence-electron chi connectivity index (χ1n) is 7.91. The van der Waals surface area contributed by atoms with Crippen LogP contribution in [0.15, 0.2) is 42.5 Å². The van der Waals surface area contributed by atoms with E-state index in [2.05, 4.69) is 5.32 Å². The highest BCUT2D eigenvalue weighted by Gasteiger charge is 2.33. The predicted octanol–water partition coefficient (Wildman–Crippen LogP) is 4.31. The molecule has 0 fully saturated rings. The van der Waals surface area contributed by atoms with E-state index in [1.807, 2.05) is 19.1 Å². The Hall–Kier alpha value is -2.83. The number of carbonyl (C=O) groups excluding carboxylic acids is 2. The molecule has 0 bridgehead atoms. The van der Waals surface area contributed by atoms with Crippen molar-refractivity contribution >= 4 is 23.2 Å². The van der Waals surface area contributed by atoms with Gasteiger partial charge in [-0.15, -0.1) is 0 Å². The molecule has 1 N–H and O–H groups in total. The number of hydrogen-bond acceptors (Lipinski definition) is 2. The Bertz CT molecular complexity index is 832. The SMILES string of the molecule is CC(=O)N(CC(=O)Nc1ccccc1C(F)(F)F)c1cc(C)ccc1C. The van der Waals surface area contributed by atoms with Crippen LogP contribution in [0.3, 0.4) is 0 Å². The molecule has 4 nitrogen and oxygen atoms in total. The maximum Gasteiger partial charge on any atom is 0.418 e. The van der Waals surface area contributed by atoms with Crippen molar-refractivity contribution in [2.45, 2.75) is 26.9 Å². The molecule has 0 radical (unpaired) electrons. The maximum atomic E-state index is 13.0. The van der Waals surface area contributed by atoms with E-state index in [1.54, 1.807) is 13.0 Å². The molecule has 2 amide bonds. The zero-order valence-electron chi connectivity index (χ0n) is 14.6. The Balaban J connectivity index is 2.25. The van der Waals surface area contributed by atoms with Crippen molar-refractivity contribution in [1.29, 1.82) is 0 Å². The summed E-state index contributed by atoms with van der Waals surface area (Å²) in [5.74, 6) is -1.09. The minimum Gasteiger partial charge on any atom is -0.324 e. The summed E-state index contributed by atoms with van der Waals surface area (Å²) in [6.45, 7) is 4.56. The Kier molecular flexibility index (Phi) is 5.69. The van der Waals surface area contributed by atoms with Gasteiger partial charge in [0.25, 0.3) is 0 Å². The lowest BCUT2D eigenvalue weighted by atomic mass is 10.1. The number of halogens is 3. The Morgan fingerprint density at radius 1 is 1.08 bits per heavy atom. The van der Waals surface area contributed by atoms with E-state index in [0.29, 0.717) is 5.69 Å². The van der Waals surface area contributed by atoms with E-state index in [-0.39, 0.29) is 18.1 Å². The first-order chi connectivity index (χ1) is 12.1. The van der Waals surface area contributed by atoms with Gasteiger partial charge in [0, 0.05) is 12.6 Å². The second-order valence-electron chi connectivity index (χ2n) is 5.99. The number of alkyl halides is 3. The quantitative estimate of drug-likeness (QED) is 0.879. The molecule has 0 unspecified atom stereocenters. The standard InChI is InChI=1S/C19H19F3N2O2/c1-12-8-9-13(2)17(10-12)24(14(3)25)11-18(26)23-16-7-5-4-6-15(16)19(20,21)22/h4-10H,11H2,1-3H3,(H,23,26). The molecular weight excluding hydrogens is 345 g/mol. The van der Waals surface area contributed by atoms with Gasteiger partial charge in [0.15, 0.2) is 0 Å². The Labute approximate surface area is 149 Å². The van der Waals surface area contributed by atoms with Crippen LogP contribution < -0.4 is 10.2 Å². The van der Waals surface area contributed by atoms with E-state index in [9.17, 15) is 22.8 Å². The second kappa shape index (κ2) is 7.59. The highest BCUT2D eigenvalue weighted by molar-refractivity contribution is 6.02. The van der Waals surface area contributed by atoms with Gasteiger partial charge < -0.3 is 10.2 Å². The van der Waals surface area contributed by atoms with Crippen molar-refractivity contribution in [1.82, 2.24) is 0 Å². The summed E-state index contributed by atoms with van der Waals surface area (Å²) in [6, 6.07) is 10.2. The monoisotopic (exact) mass is 364 g/mol. The van der Waals surface area contributed by atoms with Gasteiger partial charge in [0.2, 0.25) is 11.8 Å². The summed E-state index contributed by atoms with van der Waals surface area (Å²) in [7, 11) is 0. The minimum atomic E-state index is -4.59. The van der Waals surface area contributed by atoms with Crippen molar-refractivity contribution in [2.24, 2.45) is 0 Å². The van der Waals surface area contributed by atoms with Gasteiger partial charge in [-0.2, -0.15) is 13.2 Å². The lowest BCUT2D eigenvalue weighted by molar-refractivity contribution is -0.137. The molecule has 2 aromatic rings. The van der Waals surface area contributed by atoms with Crippen LogP contribution in [0.25, 0.3) is 0 Å². The van der Waals surface area contributed by atoms with E-state index in [0.717, 1.165) is 17.2 Å². The van der Waals surface area contributed by atoms with E-state index in [1.165, 1.54) is 30.0 Å². The molecule has 0 saturated carbocycles. The van der Waals surface area contributed by atoms with Crippen molar-refractivity contribution in [3.63, 3.8) is 0 Å².